The average molecular weight is 434 g/mol. The van der Waals surface area contributed by atoms with Crippen LogP contribution in [0.1, 0.15) is 24.1 Å². The number of likely N-dealkylation sites (tertiary alicyclic amines) is 1. The first kappa shape index (κ1) is 20.0. The average Bonchev–Trinajstić information content (AvgIpc) is 3.35. The molecule has 0 bridgehead atoms. The van der Waals surface area contributed by atoms with Gasteiger partial charge in [-0.3, -0.25) is 14.5 Å². The summed E-state index contributed by atoms with van der Waals surface area (Å²) in [6, 6.07) is 12.4. The number of carbonyl (C=O) groups is 3. The predicted octanol–water partition coefficient (Wildman–Crippen LogP) is 3.78. The lowest BCUT2D eigenvalue weighted by atomic mass is 9.97. The van der Waals surface area contributed by atoms with E-state index >= 15 is 0 Å². The van der Waals surface area contributed by atoms with Gasteiger partial charge in [0.2, 0.25) is 0 Å². The molecule has 2 aromatic carbocycles. The van der Waals surface area contributed by atoms with Crippen molar-refractivity contribution >= 4 is 23.6 Å². The number of amides is 3. The van der Waals surface area contributed by atoms with Gasteiger partial charge in [-0.25, -0.2) is 14.1 Å². The lowest BCUT2D eigenvalue weighted by molar-refractivity contribution is -0.124. The van der Waals surface area contributed by atoms with Gasteiger partial charge in [-0.05, 0) is 48.7 Å². The molecule has 0 aromatic heterocycles. The molecule has 3 aliphatic rings. The highest BCUT2D eigenvalue weighted by Gasteiger charge is 2.52. The molecule has 1 aliphatic carbocycles. The molecule has 0 saturated carbocycles. The summed E-state index contributed by atoms with van der Waals surface area (Å²) in [6.07, 6.45) is 1.15. The van der Waals surface area contributed by atoms with Crippen molar-refractivity contribution in [3.63, 3.8) is 0 Å². The lowest BCUT2D eigenvalue weighted by Gasteiger charge is -2.24. The number of imide groups is 1. The number of fused-ring (bicyclic) bond motifs is 3. The number of hydrogen-bond donors (Lipinski definition) is 1. The molecule has 1 fully saturated rings. The van der Waals surface area contributed by atoms with E-state index in [0.717, 1.165) is 16.0 Å². The number of carboxylic acid groups (broad SMARTS) is 1. The molecular formula is C24H19FN2O5. The summed E-state index contributed by atoms with van der Waals surface area (Å²) in [7, 11) is 0. The van der Waals surface area contributed by atoms with E-state index in [0.29, 0.717) is 17.7 Å². The van der Waals surface area contributed by atoms with Crippen LogP contribution in [0.3, 0.4) is 0 Å². The monoisotopic (exact) mass is 434 g/mol. The van der Waals surface area contributed by atoms with E-state index in [1.165, 1.54) is 29.4 Å². The third kappa shape index (κ3) is 2.98. The van der Waals surface area contributed by atoms with E-state index in [9.17, 15) is 23.9 Å². The zero-order valence-corrected chi connectivity index (χ0v) is 17.1. The summed E-state index contributed by atoms with van der Waals surface area (Å²) in [5.41, 5.74) is 2.78. The van der Waals surface area contributed by atoms with Gasteiger partial charge in [0.05, 0.1) is 23.6 Å². The van der Waals surface area contributed by atoms with E-state index in [2.05, 4.69) is 0 Å². The second kappa shape index (κ2) is 7.33. The Morgan fingerprint density at radius 3 is 2.69 bits per heavy atom. The Kier molecular flexibility index (Phi) is 4.58. The summed E-state index contributed by atoms with van der Waals surface area (Å²) in [5.74, 6) is -1.84. The number of ether oxygens (including phenoxy) is 1. The highest BCUT2D eigenvalue weighted by molar-refractivity contribution is 6.08. The maximum absolute atomic E-state index is 13.7. The fraction of sp³-hybridized carbons (Fsp3) is 0.208. The zero-order valence-electron chi connectivity index (χ0n) is 17.1. The van der Waals surface area contributed by atoms with Gasteiger partial charge in [-0.2, -0.15) is 0 Å². The molecule has 0 spiro atoms. The molecule has 8 heteroatoms. The van der Waals surface area contributed by atoms with E-state index in [1.807, 2.05) is 24.3 Å². The Labute approximate surface area is 183 Å². The molecule has 2 aliphatic heterocycles. The Balaban J connectivity index is 1.48. The molecule has 162 valence electrons. The summed E-state index contributed by atoms with van der Waals surface area (Å²) < 4.78 is 19.6. The lowest BCUT2D eigenvalue weighted by Crippen LogP contribution is -2.35. The minimum absolute atomic E-state index is 0.234. The van der Waals surface area contributed by atoms with Crippen molar-refractivity contribution in [2.45, 2.75) is 25.6 Å². The van der Waals surface area contributed by atoms with Crippen LogP contribution in [-0.4, -0.2) is 34.1 Å². The number of hydrogen-bond acceptors (Lipinski definition) is 4. The van der Waals surface area contributed by atoms with Gasteiger partial charge in [-0.1, -0.05) is 30.3 Å². The normalized spacial score (nSPS) is 25.2. The standard InChI is InChI=1S/C24H19FN2O5/c1-13-9-20(26(22(13)28)16-7-4-6-15(25)11-16)32-12-19-18-10-14-5-2-3-8-17(14)21(18)27(23(19)29)24(30)31/h2-9,11-12,18,20-21H,10H2,1H3,(H,30,31). The Bertz CT molecular complexity index is 1220. The molecule has 1 N–H and O–H groups in total. The Hall–Kier alpha value is -3.94. The fourth-order valence-electron chi connectivity index (χ4n) is 4.74. The number of carbonyl (C=O) groups excluding carboxylic acids is 2. The van der Waals surface area contributed by atoms with E-state index < -0.39 is 30.1 Å². The molecule has 32 heavy (non-hydrogen) atoms. The highest BCUT2D eigenvalue weighted by atomic mass is 19.1. The molecule has 3 amide bonds. The van der Waals surface area contributed by atoms with E-state index in [4.69, 9.17) is 4.74 Å². The molecular weight excluding hydrogens is 415 g/mol. The van der Waals surface area contributed by atoms with Crippen LogP contribution in [0.5, 0.6) is 0 Å². The molecule has 3 unspecified atom stereocenters. The predicted molar refractivity (Wildman–Crippen MR) is 112 cm³/mol. The highest BCUT2D eigenvalue weighted by Crippen LogP contribution is 2.49. The molecule has 1 saturated heterocycles. The smallest absolute Gasteiger partial charge is 0.414 e. The van der Waals surface area contributed by atoms with Gasteiger partial charge in [0.1, 0.15) is 5.82 Å². The molecule has 3 atom stereocenters. The topological polar surface area (TPSA) is 87.2 Å². The summed E-state index contributed by atoms with van der Waals surface area (Å²) in [5, 5.41) is 9.68. The number of anilines is 1. The molecule has 0 radical (unpaired) electrons. The first-order valence-corrected chi connectivity index (χ1v) is 10.1. The van der Waals surface area contributed by atoms with Crippen molar-refractivity contribution in [3.05, 3.63) is 89.0 Å². The first-order valence-electron chi connectivity index (χ1n) is 10.1. The summed E-state index contributed by atoms with van der Waals surface area (Å²) >= 11 is 0. The molecule has 2 heterocycles. The maximum atomic E-state index is 13.7. The minimum atomic E-state index is -1.32. The maximum Gasteiger partial charge on any atom is 0.414 e. The van der Waals surface area contributed by atoms with Crippen LogP contribution < -0.4 is 4.90 Å². The molecule has 2 aromatic rings. The second-order valence-corrected chi connectivity index (χ2v) is 8.02. The van der Waals surface area contributed by atoms with Gasteiger partial charge in [-0.15, -0.1) is 0 Å². The quantitative estimate of drug-likeness (QED) is 0.587. The van der Waals surface area contributed by atoms with Crippen LogP contribution in [-0.2, 0) is 20.7 Å². The number of benzene rings is 2. The van der Waals surface area contributed by atoms with Crippen LogP contribution in [0.25, 0.3) is 0 Å². The molecule has 7 nitrogen and oxygen atoms in total. The SMILES string of the molecule is CC1=CC(OC=C2C(=O)N(C(=O)O)C3c4ccccc4CC23)N(c2cccc(F)c2)C1=O. The van der Waals surface area contributed by atoms with Gasteiger partial charge >= 0.3 is 6.09 Å². The van der Waals surface area contributed by atoms with E-state index in [1.54, 1.807) is 19.1 Å². The van der Waals surface area contributed by atoms with Crippen molar-refractivity contribution in [1.82, 2.24) is 4.90 Å². The van der Waals surface area contributed by atoms with Crippen LogP contribution in [0.2, 0.25) is 0 Å². The molecule has 5 rings (SSSR count). The fourth-order valence-corrected chi connectivity index (χ4v) is 4.74. The van der Waals surface area contributed by atoms with Crippen LogP contribution in [0.4, 0.5) is 14.9 Å². The van der Waals surface area contributed by atoms with Crippen LogP contribution in [0, 0.1) is 11.7 Å². The zero-order chi connectivity index (χ0) is 22.6. The van der Waals surface area contributed by atoms with E-state index in [-0.39, 0.29) is 17.4 Å². The van der Waals surface area contributed by atoms with Crippen LogP contribution >= 0.6 is 0 Å². The number of rotatable bonds is 3. The second-order valence-electron chi connectivity index (χ2n) is 8.02. The number of nitrogens with zero attached hydrogens (tertiary/aromatic N) is 2. The summed E-state index contributed by atoms with van der Waals surface area (Å²) in [6.45, 7) is 1.63. The van der Waals surface area contributed by atoms with Crippen molar-refractivity contribution in [3.8, 4) is 0 Å². The van der Waals surface area contributed by atoms with Gasteiger partial charge in [0.15, 0.2) is 6.23 Å². The van der Waals surface area contributed by atoms with Crippen molar-refractivity contribution in [1.29, 1.82) is 0 Å². The third-order valence-electron chi connectivity index (χ3n) is 6.17. The van der Waals surface area contributed by atoms with Gasteiger partial charge < -0.3 is 9.84 Å². The Morgan fingerprint density at radius 1 is 1.16 bits per heavy atom. The Morgan fingerprint density at radius 2 is 1.94 bits per heavy atom. The largest absolute Gasteiger partial charge is 0.474 e. The minimum Gasteiger partial charge on any atom is -0.474 e. The van der Waals surface area contributed by atoms with Crippen LogP contribution in [0.15, 0.2) is 72.0 Å². The first-order chi connectivity index (χ1) is 15.4. The van der Waals surface area contributed by atoms with Crippen molar-refractivity contribution in [2.24, 2.45) is 5.92 Å². The third-order valence-corrected chi connectivity index (χ3v) is 6.17. The van der Waals surface area contributed by atoms with Crippen molar-refractivity contribution < 1.29 is 28.6 Å². The van der Waals surface area contributed by atoms with Gasteiger partial charge in [0, 0.05) is 11.5 Å². The van der Waals surface area contributed by atoms with Gasteiger partial charge in [0.25, 0.3) is 11.8 Å². The van der Waals surface area contributed by atoms with Crippen molar-refractivity contribution in [2.75, 3.05) is 4.90 Å². The number of halogens is 1. The summed E-state index contributed by atoms with van der Waals surface area (Å²) in [4.78, 5) is 39.6.